The standard InChI is InChI=1S/C21H26N2O3/c1-15(16-8-5-4-6-9-16)22-21(24)23-13-7-10-19(23)18-14-17(25-2)11-12-20(18)26-3/h4-6,8-9,11-12,14-15,19H,7,10,13H2,1-3H3,(H,22,24). The zero-order valence-electron chi connectivity index (χ0n) is 15.6. The third-order valence-electron chi connectivity index (χ3n) is 4.95. The minimum absolute atomic E-state index is 0.0111. The van der Waals surface area contributed by atoms with Crippen molar-refractivity contribution in [1.82, 2.24) is 10.2 Å². The second kappa shape index (κ2) is 8.13. The highest BCUT2D eigenvalue weighted by Crippen LogP contribution is 2.39. The van der Waals surface area contributed by atoms with Gasteiger partial charge in [-0.2, -0.15) is 0 Å². The molecule has 1 aliphatic heterocycles. The molecule has 2 unspecified atom stereocenters. The molecule has 1 saturated heterocycles. The Morgan fingerprint density at radius 3 is 2.62 bits per heavy atom. The highest BCUT2D eigenvalue weighted by molar-refractivity contribution is 5.76. The molecule has 3 rings (SSSR count). The van der Waals surface area contributed by atoms with Crippen molar-refractivity contribution in [3.63, 3.8) is 0 Å². The van der Waals surface area contributed by atoms with Crippen LogP contribution in [0.4, 0.5) is 4.79 Å². The SMILES string of the molecule is COc1ccc(OC)c(C2CCCN2C(=O)NC(C)c2ccccc2)c1. The van der Waals surface area contributed by atoms with Gasteiger partial charge in [0, 0.05) is 12.1 Å². The van der Waals surface area contributed by atoms with Crippen molar-refractivity contribution in [1.29, 1.82) is 0 Å². The fourth-order valence-electron chi connectivity index (χ4n) is 3.53. The summed E-state index contributed by atoms with van der Waals surface area (Å²) in [6.45, 7) is 2.74. The van der Waals surface area contributed by atoms with Crippen LogP contribution in [0.5, 0.6) is 11.5 Å². The number of methoxy groups -OCH3 is 2. The lowest BCUT2D eigenvalue weighted by Gasteiger charge is -2.28. The molecule has 1 heterocycles. The molecular weight excluding hydrogens is 328 g/mol. The summed E-state index contributed by atoms with van der Waals surface area (Å²) in [7, 11) is 3.30. The highest BCUT2D eigenvalue weighted by Gasteiger charge is 2.32. The zero-order chi connectivity index (χ0) is 18.5. The molecule has 5 heteroatoms. The summed E-state index contributed by atoms with van der Waals surface area (Å²) in [5, 5.41) is 3.12. The topological polar surface area (TPSA) is 50.8 Å². The van der Waals surface area contributed by atoms with Crippen molar-refractivity contribution < 1.29 is 14.3 Å². The smallest absolute Gasteiger partial charge is 0.318 e. The summed E-state index contributed by atoms with van der Waals surface area (Å²) < 4.78 is 10.9. The Morgan fingerprint density at radius 1 is 1.15 bits per heavy atom. The first-order valence-electron chi connectivity index (χ1n) is 8.98. The Morgan fingerprint density at radius 2 is 1.92 bits per heavy atom. The van der Waals surface area contributed by atoms with Gasteiger partial charge in [0.25, 0.3) is 0 Å². The lowest BCUT2D eigenvalue weighted by molar-refractivity contribution is 0.188. The molecule has 0 aliphatic carbocycles. The minimum atomic E-state index is -0.0475. The molecule has 0 aromatic heterocycles. The van der Waals surface area contributed by atoms with Crippen molar-refractivity contribution in [2.45, 2.75) is 31.8 Å². The predicted molar refractivity (Wildman–Crippen MR) is 102 cm³/mol. The molecule has 0 bridgehead atoms. The van der Waals surface area contributed by atoms with E-state index in [-0.39, 0.29) is 18.1 Å². The van der Waals surface area contributed by atoms with Crippen LogP contribution in [0, 0.1) is 0 Å². The fraction of sp³-hybridized carbons (Fsp3) is 0.381. The van der Waals surface area contributed by atoms with Gasteiger partial charge in [0.15, 0.2) is 0 Å². The van der Waals surface area contributed by atoms with Crippen LogP contribution in [0.15, 0.2) is 48.5 Å². The largest absolute Gasteiger partial charge is 0.497 e. The molecule has 2 aromatic rings. The van der Waals surface area contributed by atoms with Gasteiger partial charge in [-0.15, -0.1) is 0 Å². The molecule has 26 heavy (non-hydrogen) atoms. The molecule has 1 N–H and O–H groups in total. The number of amides is 2. The van der Waals surface area contributed by atoms with E-state index in [2.05, 4.69) is 5.32 Å². The second-order valence-electron chi connectivity index (χ2n) is 6.54. The number of benzene rings is 2. The number of ether oxygens (including phenoxy) is 2. The van der Waals surface area contributed by atoms with E-state index >= 15 is 0 Å². The number of hydrogen-bond donors (Lipinski definition) is 1. The molecular formula is C21H26N2O3. The third kappa shape index (κ3) is 3.77. The van der Waals surface area contributed by atoms with Gasteiger partial charge >= 0.3 is 6.03 Å². The number of nitrogens with one attached hydrogen (secondary N) is 1. The molecule has 0 spiro atoms. The molecule has 138 valence electrons. The van der Waals surface area contributed by atoms with Gasteiger partial charge in [-0.25, -0.2) is 4.79 Å². The first kappa shape index (κ1) is 18.1. The Kier molecular flexibility index (Phi) is 5.66. The summed E-state index contributed by atoms with van der Waals surface area (Å²) in [6, 6.07) is 15.6. The molecule has 2 atom stereocenters. The summed E-state index contributed by atoms with van der Waals surface area (Å²) in [5.74, 6) is 1.55. The Hall–Kier alpha value is -2.69. The van der Waals surface area contributed by atoms with Crippen LogP contribution in [-0.2, 0) is 0 Å². The van der Waals surface area contributed by atoms with Gasteiger partial charge in [-0.05, 0) is 43.5 Å². The maximum absolute atomic E-state index is 12.9. The summed E-state index contributed by atoms with van der Waals surface area (Å²) in [5.41, 5.74) is 2.09. The van der Waals surface area contributed by atoms with Crippen LogP contribution >= 0.6 is 0 Å². The third-order valence-corrected chi connectivity index (χ3v) is 4.95. The number of likely N-dealkylation sites (tertiary alicyclic amines) is 1. The first-order valence-corrected chi connectivity index (χ1v) is 8.98. The van der Waals surface area contributed by atoms with Crippen molar-refractivity contribution in [3.05, 3.63) is 59.7 Å². The molecule has 2 aromatic carbocycles. The van der Waals surface area contributed by atoms with Crippen LogP contribution in [0.2, 0.25) is 0 Å². The van der Waals surface area contributed by atoms with E-state index in [9.17, 15) is 4.79 Å². The summed E-state index contributed by atoms with van der Waals surface area (Å²) >= 11 is 0. The van der Waals surface area contributed by atoms with Crippen molar-refractivity contribution in [2.24, 2.45) is 0 Å². The number of hydrogen-bond acceptors (Lipinski definition) is 3. The van der Waals surface area contributed by atoms with Gasteiger partial charge < -0.3 is 19.7 Å². The number of carbonyl (C=O) groups is 1. The molecule has 2 amide bonds. The minimum Gasteiger partial charge on any atom is -0.497 e. The monoisotopic (exact) mass is 354 g/mol. The maximum atomic E-state index is 12.9. The fourth-order valence-corrected chi connectivity index (χ4v) is 3.53. The second-order valence-corrected chi connectivity index (χ2v) is 6.54. The molecule has 1 fully saturated rings. The van der Waals surface area contributed by atoms with Crippen LogP contribution < -0.4 is 14.8 Å². The average molecular weight is 354 g/mol. The first-order chi connectivity index (χ1) is 12.6. The van der Waals surface area contributed by atoms with E-state index in [4.69, 9.17) is 9.47 Å². The molecule has 0 saturated carbocycles. The quantitative estimate of drug-likeness (QED) is 0.870. The van der Waals surface area contributed by atoms with E-state index < -0.39 is 0 Å². The van der Waals surface area contributed by atoms with Crippen LogP contribution in [0.25, 0.3) is 0 Å². The van der Waals surface area contributed by atoms with E-state index in [1.807, 2.05) is 60.4 Å². The van der Waals surface area contributed by atoms with Gasteiger partial charge in [0.05, 0.1) is 26.3 Å². The normalized spacial score (nSPS) is 17.7. The zero-order valence-corrected chi connectivity index (χ0v) is 15.6. The number of rotatable bonds is 5. The Balaban J connectivity index is 1.79. The van der Waals surface area contributed by atoms with Gasteiger partial charge in [0.1, 0.15) is 11.5 Å². The Bertz CT molecular complexity index is 748. The van der Waals surface area contributed by atoms with Gasteiger partial charge in [0.2, 0.25) is 0 Å². The van der Waals surface area contributed by atoms with Crippen molar-refractivity contribution in [3.8, 4) is 11.5 Å². The summed E-state index contributed by atoms with van der Waals surface area (Å²) in [6.07, 6.45) is 1.88. The van der Waals surface area contributed by atoms with E-state index in [0.29, 0.717) is 0 Å². The maximum Gasteiger partial charge on any atom is 0.318 e. The van der Waals surface area contributed by atoms with Crippen molar-refractivity contribution >= 4 is 6.03 Å². The van der Waals surface area contributed by atoms with E-state index in [1.54, 1.807) is 14.2 Å². The van der Waals surface area contributed by atoms with Crippen LogP contribution in [0.3, 0.4) is 0 Å². The number of nitrogens with zero attached hydrogens (tertiary/aromatic N) is 1. The van der Waals surface area contributed by atoms with Crippen LogP contribution in [-0.4, -0.2) is 31.7 Å². The number of urea groups is 1. The van der Waals surface area contributed by atoms with Crippen LogP contribution in [0.1, 0.15) is 43.0 Å². The van der Waals surface area contributed by atoms with E-state index in [0.717, 1.165) is 42.0 Å². The molecule has 5 nitrogen and oxygen atoms in total. The van der Waals surface area contributed by atoms with Crippen molar-refractivity contribution in [2.75, 3.05) is 20.8 Å². The Labute approximate surface area is 154 Å². The summed E-state index contributed by atoms with van der Waals surface area (Å²) in [4.78, 5) is 14.8. The predicted octanol–water partition coefficient (Wildman–Crippen LogP) is 4.31. The van der Waals surface area contributed by atoms with E-state index in [1.165, 1.54) is 0 Å². The van der Waals surface area contributed by atoms with Gasteiger partial charge in [-0.3, -0.25) is 0 Å². The average Bonchev–Trinajstić information content (AvgIpc) is 3.18. The molecule has 1 aliphatic rings. The molecule has 0 radical (unpaired) electrons. The van der Waals surface area contributed by atoms with Gasteiger partial charge in [-0.1, -0.05) is 30.3 Å². The lowest BCUT2D eigenvalue weighted by atomic mass is 10.0. The lowest BCUT2D eigenvalue weighted by Crippen LogP contribution is -2.40. The highest BCUT2D eigenvalue weighted by atomic mass is 16.5. The number of carbonyl (C=O) groups excluding carboxylic acids is 1.